The molecule has 4 aromatic carbocycles. The van der Waals surface area contributed by atoms with Crippen LogP contribution in [0.15, 0.2) is 79.0 Å². The molecule has 30 heavy (non-hydrogen) atoms. The molecule has 0 bridgehead atoms. The van der Waals surface area contributed by atoms with E-state index in [0.29, 0.717) is 0 Å². The van der Waals surface area contributed by atoms with Crippen molar-refractivity contribution in [3.05, 3.63) is 126 Å². The number of aryl methyl sites for hydroxylation is 2. The molecule has 4 aromatic rings. The van der Waals surface area contributed by atoms with Gasteiger partial charge in [-0.05, 0) is 79.4 Å². The molecule has 0 radical (unpaired) electrons. The van der Waals surface area contributed by atoms with Crippen LogP contribution in [0.25, 0.3) is 17.2 Å². The molecule has 1 heteroatoms. The Morgan fingerprint density at radius 3 is 2.43 bits per heavy atom. The van der Waals surface area contributed by atoms with E-state index in [-0.39, 0.29) is 0 Å². The summed E-state index contributed by atoms with van der Waals surface area (Å²) in [4.78, 5) is 2.19. The van der Waals surface area contributed by atoms with Crippen LogP contribution >= 0.6 is 0 Å². The van der Waals surface area contributed by atoms with Gasteiger partial charge in [0.2, 0.25) is 0 Å². The number of benzene rings is 2. The Labute approximate surface area is 179 Å². The number of hydrogen-bond acceptors (Lipinski definition) is 1. The maximum absolute atomic E-state index is 3.19. The van der Waals surface area contributed by atoms with Crippen molar-refractivity contribution in [2.24, 2.45) is 0 Å². The number of anilines is 2. The van der Waals surface area contributed by atoms with Crippen LogP contribution in [0.3, 0.4) is 0 Å². The topological polar surface area (TPSA) is 3.24 Å². The van der Waals surface area contributed by atoms with Crippen LogP contribution in [0, 0.1) is 45.0 Å². The van der Waals surface area contributed by atoms with Gasteiger partial charge in [0.15, 0.2) is 0 Å². The van der Waals surface area contributed by atoms with E-state index in [0.717, 1.165) is 28.1 Å². The highest BCUT2D eigenvalue weighted by Gasteiger charge is 2.09. The summed E-state index contributed by atoms with van der Waals surface area (Å²) in [6.45, 7) is 6.23. The van der Waals surface area contributed by atoms with Crippen LogP contribution in [0.5, 0.6) is 0 Å². The standard InChI is InChI=1S/C29H23N/c1-22-10-8-14-26(20-22)30(27-15-9-11-23(2)21-27)19-18-25-13-5-7-17-29(25)28-16-6-4-12-24(28)3/h5-8,10,13-21H,1-3H3/b19-18+. The number of hydrogen-bond donors (Lipinski definition) is 0. The van der Waals surface area contributed by atoms with E-state index in [1.807, 2.05) is 19.1 Å². The van der Waals surface area contributed by atoms with Gasteiger partial charge in [-0.2, -0.15) is 0 Å². The summed E-state index contributed by atoms with van der Waals surface area (Å²) in [6.07, 6.45) is 4.30. The fraction of sp³-hybridized carbons (Fsp3) is 0.103. The Morgan fingerprint density at radius 2 is 1.63 bits per heavy atom. The smallest absolute Gasteiger partial charge is 0.0548 e. The third-order valence-corrected chi connectivity index (χ3v) is 5.06. The summed E-state index contributed by atoms with van der Waals surface area (Å²) in [6, 6.07) is 37.6. The van der Waals surface area contributed by atoms with Gasteiger partial charge >= 0.3 is 0 Å². The molecule has 0 aromatic heterocycles. The van der Waals surface area contributed by atoms with Gasteiger partial charge in [-0.3, -0.25) is 0 Å². The van der Waals surface area contributed by atoms with Crippen LogP contribution in [-0.4, -0.2) is 0 Å². The second-order valence-corrected chi connectivity index (χ2v) is 7.42. The molecule has 0 saturated carbocycles. The molecule has 0 aliphatic carbocycles. The first-order valence-electron chi connectivity index (χ1n) is 10.0. The van der Waals surface area contributed by atoms with Gasteiger partial charge in [0, 0.05) is 29.1 Å². The Morgan fingerprint density at radius 1 is 0.767 bits per heavy atom. The number of nitrogens with zero attached hydrogens (tertiary/aromatic N) is 1. The molecule has 0 atom stereocenters. The summed E-state index contributed by atoms with van der Waals surface area (Å²) in [5.74, 6) is 0. The third-order valence-electron chi connectivity index (χ3n) is 5.06. The quantitative estimate of drug-likeness (QED) is 0.349. The monoisotopic (exact) mass is 385 g/mol. The van der Waals surface area contributed by atoms with E-state index in [9.17, 15) is 0 Å². The normalized spacial score (nSPS) is 10.5. The minimum Gasteiger partial charge on any atom is -0.316 e. The van der Waals surface area contributed by atoms with Gasteiger partial charge in [-0.15, -0.1) is 0 Å². The minimum absolute atomic E-state index is 1.06. The Hall–Kier alpha value is -3.94. The molecule has 0 saturated heterocycles. The lowest BCUT2D eigenvalue weighted by molar-refractivity contribution is 1.27. The van der Waals surface area contributed by atoms with Crippen molar-refractivity contribution in [2.75, 3.05) is 4.90 Å². The summed E-state index contributed by atoms with van der Waals surface area (Å²) in [7, 11) is 0. The molecular weight excluding hydrogens is 362 g/mol. The molecule has 144 valence electrons. The van der Waals surface area contributed by atoms with Crippen LogP contribution < -0.4 is 4.90 Å². The molecule has 0 unspecified atom stereocenters. The average Bonchev–Trinajstić information content (AvgIpc) is 2.75. The summed E-state index contributed by atoms with van der Waals surface area (Å²) >= 11 is 0. The maximum atomic E-state index is 3.19. The molecule has 0 spiro atoms. The third kappa shape index (κ3) is 4.22. The highest BCUT2D eigenvalue weighted by molar-refractivity contribution is 5.78. The molecule has 0 fully saturated rings. The predicted octanol–water partition coefficient (Wildman–Crippen LogP) is 7.29. The molecule has 0 amide bonds. The molecular formula is C29H23N. The number of rotatable bonds is 5. The lowest BCUT2D eigenvalue weighted by Crippen LogP contribution is -2.08. The lowest BCUT2D eigenvalue weighted by atomic mass is 9.97. The lowest BCUT2D eigenvalue weighted by Gasteiger charge is -2.21. The summed E-state index contributed by atoms with van der Waals surface area (Å²) < 4.78 is 0. The largest absolute Gasteiger partial charge is 0.316 e. The van der Waals surface area contributed by atoms with Gasteiger partial charge in [-0.25, -0.2) is 0 Å². The summed E-state index contributed by atoms with van der Waals surface area (Å²) in [5.41, 5.74) is 9.07. The van der Waals surface area contributed by atoms with E-state index >= 15 is 0 Å². The maximum Gasteiger partial charge on any atom is 0.0548 e. The highest BCUT2D eigenvalue weighted by atomic mass is 15.1. The van der Waals surface area contributed by atoms with Gasteiger partial charge in [0.25, 0.3) is 0 Å². The zero-order valence-electron chi connectivity index (χ0n) is 17.5. The van der Waals surface area contributed by atoms with Crippen molar-refractivity contribution in [2.45, 2.75) is 20.8 Å². The van der Waals surface area contributed by atoms with Crippen molar-refractivity contribution in [3.8, 4) is 11.1 Å². The zero-order valence-corrected chi connectivity index (χ0v) is 17.5. The fourth-order valence-corrected chi connectivity index (χ4v) is 3.56. The highest BCUT2D eigenvalue weighted by Crippen LogP contribution is 2.30. The molecule has 0 aliphatic heterocycles. The molecule has 0 N–H and O–H groups in total. The molecule has 0 aliphatic rings. The van der Waals surface area contributed by atoms with Crippen molar-refractivity contribution >= 4 is 17.5 Å². The van der Waals surface area contributed by atoms with Crippen molar-refractivity contribution in [3.63, 3.8) is 0 Å². The van der Waals surface area contributed by atoms with Crippen molar-refractivity contribution < 1.29 is 0 Å². The van der Waals surface area contributed by atoms with Gasteiger partial charge in [-0.1, -0.05) is 60.7 Å². The van der Waals surface area contributed by atoms with Crippen LogP contribution in [0.4, 0.5) is 11.4 Å². The molecule has 0 heterocycles. The Kier molecular flexibility index (Phi) is 5.56. The van der Waals surface area contributed by atoms with E-state index in [2.05, 4.69) is 116 Å². The van der Waals surface area contributed by atoms with E-state index < -0.39 is 0 Å². The van der Waals surface area contributed by atoms with Crippen LogP contribution in [-0.2, 0) is 0 Å². The van der Waals surface area contributed by atoms with Gasteiger partial charge in [0.1, 0.15) is 0 Å². The molecule has 1 nitrogen and oxygen atoms in total. The second-order valence-electron chi connectivity index (χ2n) is 7.42. The van der Waals surface area contributed by atoms with Crippen LogP contribution in [0.2, 0.25) is 0 Å². The molecule has 4 rings (SSSR count). The van der Waals surface area contributed by atoms with Crippen molar-refractivity contribution in [1.29, 1.82) is 0 Å². The van der Waals surface area contributed by atoms with Gasteiger partial charge < -0.3 is 4.90 Å². The van der Waals surface area contributed by atoms with E-state index in [4.69, 9.17) is 0 Å². The second kappa shape index (κ2) is 8.60. The first-order chi connectivity index (χ1) is 14.6. The first kappa shape index (κ1) is 19.4. The fourth-order valence-electron chi connectivity index (χ4n) is 3.56. The van der Waals surface area contributed by atoms with E-state index in [1.54, 1.807) is 0 Å². The van der Waals surface area contributed by atoms with Crippen LogP contribution in [0.1, 0.15) is 22.3 Å². The summed E-state index contributed by atoms with van der Waals surface area (Å²) in [5, 5.41) is 0. The predicted molar refractivity (Wildman–Crippen MR) is 125 cm³/mol. The zero-order chi connectivity index (χ0) is 20.9. The van der Waals surface area contributed by atoms with Crippen molar-refractivity contribution in [1.82, 2.24) is 0 Å². The first-order valence-corrected chi connectivity index (χ1v) is 10.0. The SMILES string of the molecule is Cc1c#ccc(N(/C=C/c2ccccc2-c2ccc#cc2C)c2cccc(C)c2)c1. The average molecular weight is 386 g/mol. The Bertz CT molecular complexity index is 1140. The minimum atomic E-state index is 1.06. The van der Waals surface area contributed by atoms with Gasteiger partial charge in [0.05, 0.1) is 5.69 Å². The Balaban J connectivity index is 1.79. The van der Waals surface area contributed by atoms with E-state index in [1.165, 1.54) is 16.7 Å².